The molecule has 0 radical (unpaired) electrons. The topological polar surface area (TPSA) is 32.3 Å². The van der Waals surface area contributed by atoms with Crippen molar-refractivity contribution in [2.45, 2.75) is 19.9 Å². The molecule has 0 bridgehead atoms. The zero-order valence-electron chi connectivity index (χ0n) is 10.7. The standard InChI is InChI=1S/C13H19IN2O/c1-9-5-6-12(14)11(7-9)13(17)15-8-10(2)16(3)4/h5-7,10H,8H2,1-4H3,(H,15,17)/t10-/m1/s1. The zero-order valence-corrected chi connectivity index (χ0v) is 12.9. The normalized spacial score (nSPS) is 12.6. The van der Waals surface area contributed by atoms with Crippen molar-refractivity contribution in [1.29, 1.82) is 0 Å². The summed E-state index contributed by atoms with van der Waals surface area (Å²) in [7, 11) is 4.01. The number of hydrogen-bond acceptors (Lipinski definition) is 2. The molecule has 0 spiro atoms. The maximum Gasteiger partial charge on any atom is 0.252 e. The Morgan fingerprint density at radius 1 is 1.47 bits per heavy atom. The van der Waals surface area contributed by atoms with Gasteiger partial charge >= 0.3 is 0 Å². The quantitative estimate of drug-likeness (QED) is 0.849. The van der Waals surface area contributed by atoms with E-state index in [4.69, 9.17) is 0 Å². The third kappa shape index (κ3) is 4.27. The highest BCUT2D eigenvalue weighted by molar-refractivity contribution is 14.1. The van der Waals surface area contributed by atoms with Crippen molar-refractivity contribution in [3.05, 3.63) is 32.9 Å². The highest BCUT2D eigenvalue weighted by Crippen LogP contribution is 2.13. The molecule has 0 aliphatic heterocycles. The van der Waals surface area contributed by atoms with E-state index < -0.39 is 0 Å². The Bertz CT molecular complexity index is 404. The SMILES string of the molecule is Cc1ccc(I)c(C(=O)NC[C@@H](C)N(C)C)c1. The molecule has 0 aliphatic carbocycles. The van der Waals surface area contributed by atoms with Gasteiger partial charge in [0, 0.05) is 16.2 Å². The Morgan fingerprint density at radius 3 is 2.71 bits per heavy atom. The molecule has 3 nitrogen and oxygen atoms in total. The lowest BCUT2D eigenvalue weighted by Gasteiger charge is -2.20. The van der Waals surface area contributed by atoms with E-state index in [9.17, 15) is 4.79 Å². The first-order valence-corrected chi connectivity index (χ1v) is 6.70. The molecule has 1 amide bonds. The van der Waals surface area contributed by atoms with Crippen LogP contribution >= 0.6 is 22.6 Å². The van der Waals surface area contributed by atoms with Crippen LogP contribution in [-0.2, 0) is 0 Å². The molecule has 1 aromatic carbocycles. The highest BCUT2D eigenvalue weighted by Gasteiger charge is 2.11. The Kier molecular flexibility index (Phi) is 5.39. The molecule has 1 atom stereocenters. The number of likely N-dealkylation sites (N-methyl/N-ethyl adjacent to an activating group) is 1. The summed E-state index contributed by atoms with van der Waals surface area (Å²) in [6, 6.07) is 6.25. The molecule has 0 saturated heterocycles. The zero-order chi connectivity index (χ0) is 13.0. The molecule has 1 N–H and O–H groups in total. The van der Waals surface area contributed by atoms with Gasteiger partial charge in [-0.1, -0.05) is 11.6 Å². The Balaban J connectivity index is 2.67. The van der Waals surface area contributed by atoms with Gasteiger partial charge in [-0.05, 0) is 62.7 Å². The number of carbonyl (C=O) groups excluding carboxylic acids is 1. The molecule has 0 fully saturated rings. The second-order valence-electron chi connectivity index (χ2n) is 4.51. The predicted molar refractivity (Wildman–Crippen MR) is 79.4 cm³/mol. The average Bonchev–Trinajstić information content (AvgIpc) is 2.28. The Labute approximate surface area is 117 Å². The number of aryl methyl sites for hydroxylation is 1. The van der Waals surface area contributed by atoms with Crippen LogP contribution in [0.25, 0.3) is 0 Å². The lowest BCUT2D eigenvalue weighted by molar-refractivity contribution is 0.0942. The third-order valence-corrected chi connectivity index (χ3v) is 3.75. The summed E-state index contributed by atoms with van der Waals surface area (Å²) in [6.07, 6.45) is 0. The van der Waals surface area contributed by atoms with Crippen molar-refractivity contribution in [1.82, 2.24) is 10.2 Å². The molecule has 0 saturated carbocycles. The van der Waals surface area contributed by atoms with E-state index in [0.717, 1.165) is 14.7 Å². The summed E-state index contributed by atoms with van der Waals surface area (Å²) in [4.78, 5) is 14.1. The second kappa shape index (κ2) is 6.35. The van der Waals surface area contributed by atoms with E-state index in [1.807, 2.05) is 39.2 Å². The van der Waals surface area contributed by atoms with Crippen molar-refractivity contribution < 1.29 is 4.79 Å². The van der Waals surface area contributed by atoms with Crippen molar-refractivity contribution in [3.8, 4) is 0 Å². The molecule has 0 unspecified atom stereocenters. The molecule has 4 heteroatoms. The number of halogens is 1. The predicted octanol–water partition coefficient (Wildman–Crippen LogP) is 2.28. The summed E-state index contributed by atoms with van der Waals surface area (Å²) in [5.41, 5.74) is 1.87. The van der Waals surface area contributed by atoms with Crippen molar-refractivity contribution >= 4 is 28.5 Å². The monoisotopic (exact) mass is 346 g/mol. The van der Waals surface area contributed by atoms with Crippen LogP contribution in [0.1, 0.15) is 22.8 Å². The first-order chi connectivity index (χ1) is 7.91. The average molecular weight is 346 g/mol. The Morgan fingerprint density at radius 2 is 2.12 bits per heavy atom. The molecular formula is C13H19IN2O. The molecule has 0 aromatic heterocycles. The van der Waals surface area contributed by atoms with E-state index in [1.54, 1.807) is 0 Å². The van der Waals surface area contributed by atoms with Gasteiger partial charge in [-0.2, -0.15) is 0 Å². The fraction of sp³-hybridized carbons (Fsp3) is 0.462. The van der Waals surface area contributed by atoms with Gasteiger partial charge in [-0.3, -0.25) is 4.79 Å². The van der Waals surface area contributed by atoms with Crippen LogP contribution in [0, 0.1) is 10.5 Å². The summed E-state index contributed by atoms with van der Waals surface area (Å²) >= 11 is 2.19. The fourth-order valence-corrected chi connectivity index (χ4v) is 1.91. The van der Waals surface area contributed by atoms with E-state index in [1.165, 1.54) is 0 Å². The summed E-state index contributed by atoms with van der Waals surface area (Å²) in [5.74, 6) is 0.00630. The van der Waals surface area contributed by atoms with Gasteiger partial charge in [0.05, 0.1) is 5.56 Å². The third-order valence-electron chi connectivity index (χ3n) is 2.81. The van der Waals surface area contributed by atoms with Gasteiger partial charge in [-0.25, -0.2) is 0 Å². The summed E-state index contributed by atoms with van der Waals surface area (Å²) in [6.45, 7) is 4.74. The maximum absolute atomic E-state index is 12.0. The van der Waals surface area contributed by atoms with Gasteiger partial charge in [0.25, 0.3) is 5.91 Å². The number of nitrogens with one attached hydrogen (secondary N) is 1. The number of rotatable bonds is 4. The van der Waals surface area contributed by atoms with Gasteiger partial charge < -0.3 is 10.2 Å². The van der Waals surface area contributed by atoms with Crippen LogP contribution in [0.2, 0.25) is 0 Å². The van der Waals surface area contributed by atoms with Gasteiger partial charge in [0.2, 0.25) is 0 Å². The van der Waals surface area contributed by atoms with Crippen LogP contribution in [0.4, 0.5) is 0 Å². The van der Waals surface area contributed by atoms with Crippen molar-refractivity contribution in [3.63, 3.8) is 0 Å². The minimum Gasteiger partial charge on any atom is -0.350 e. The fourth-order valence-electron chi connectivity index (χ4n) is 1.33. The molecule has 1 rings (SSSR count). The van der Waals surface area contributed by atoms with E-state index >= 15 is 0 Å². The molecule has 0 aliphatic rings. The van der Waals surface area contributed by atoms with Crippen LogP contribution < -0.4 is 5.32 Å². The van der Waals surface area contributed by atoms with E-state index in [2.05, 4.69) is 39.7 Å². The largest absolute Gasteiger partial charge is 0.350 e. The highest BCUT2D eigenvalue weighted by atomic mass is 127. The van der Waals surface area contributed by atoms with Gasteiger partial charge in [0.1, 0.15) is 0 Å². The minimum absolute atomic E-state index is 0.00630. The van der Waals surface area contributed by atoms with Crippen molar-refractivity contribution in [2.75, 3.05) is 20.6 Å². The van der Waals surface area contributed by atoms with Gasteiger partial charge in [0.15, 0.2) is 0 Å². The van der Waals surface area contributed by atoms with Crippen LogP contribution in [0.15, 0.2) is 18.2 Å². The second-order valence-corrected chi connectivity index (χ2v) is 5.67. The molecule has 1 aromatic rings. The first kappa shape index (κ1) is 14.4. The summed E-state index contributed by atoms with van der Waals surface area (Å²) < 4.78 is 0.989. The first-order valence-electron chi connectivity index (χ1n) is 5.62. The molecule has 94 valence electrons. The van der Waals surface area contributed by atoms with Gasteiger partial charge in [-0.15, -0.1) is 0 Å². The molecule has 0 heterocycles. The van der Waals surface area contributed by atoms with Crippen LogP contribution in [0.3, 0.4) is 0 Å². The number of carbonyl (C=O) groups is 1. The number of amides is 1. The smallest absolute Gasteiger partial charge is 0.252 e. The van der Waals surface area contributed by atoms with Crippen molar-refractivity contribution in [2.24, 2.45) is 0 Å². The minimum atomic E-state index is 0.00630. The lowest BCUT2D eigenvalue weighted by Crippen LogP contribution is -2.38. The number of nitrogens with zero attached hydrogens (tertiary/aromatic N) is 1. The van der Waals surface area contributed by atoms with E-state index in [0.29, 0.717) is 12.6 Å². The van der Waals surface area contributed by atoms with E-state index in [-0.39, 0.29) is 5.91 Å². The van der Waals surface area contributed by atoms with Crippen LogP contribution in [0.5, 0.6) is 0 Å². The summed E-state index contributed by atoms with van der Waals surface area (Å²) in [5, 5.41) is 2.96. The lowest BCUT2D eigenvalue weighted by atomic mass is 10.1. The van der Waals surface area contributed by atoms with Crippen LogP contribution in [-0.4, -0.2) is 37.5 Å². The maximum atomic E-state index is 12.0. The number of benzene rings is 1. The Hall–Kier alpha value is -0.620. The molecular weight excluding hydrogens is 327 g/mol. The number of hydrogen-bond donors (Lipinski definition) is 1. The molecule has 17 heavy (non-hydrogen) atoms.